The molecule has 0 saturated carbocycles. The number of hydrogen-bond donors (Lipinski definition) is 1. The van der Waals surface area contributed by atoms with Crippen LogP contribution in [0.2, 0.25) is 0 Å². The Morgan fingerprint density at radius 3 is 2.93 bits per heavy atom. The minimum absolute atomic E-state index is 0.0483. The highest BCUT2D eigenvalue weighted by Gasteiger charge is 2.24. The molecule has 1 atom stereocenters. The summed E-state index contributed by atoms with van der Waals surface area (Å²) in [6, 6.07) is 8.49. The fourth-order valence-electron chi connectivity index (χ4n) is 3.89. The van der Waals surface area contributed by atoms with Crippen LogP contribution in [0.25, 0.3) is 10.1 Å². The molecule has 1 N–H and O–H groups in total. The lowest BCUT2D eigenvalue weighted by molar-refractivity contribution is -0.0381. The Hall–Kier alpha value is -1.63. The molecular weight excluding hydrogens is 360 g/mol. The molecule has 4 rings (SSSR count). The zero-order valence-corrected chi connectivity index (χ0v) is 16.5. The van der Waals surface area contributed by atoms with Gasteiger partial charge in [0.2, 0.25) is 0 Å². The zero-order chi connectivity index (χ0) is 18.5. The van der Waals surface area contributed by atoms with Crippen molar-refractivity contribution in [2.24, 2.45) is 0 Å². The number of likely N-dealkylation sites (tertiary alicyclic amines) is 1. The average molecular weight is 389 g/mol. The third-order valence-corrected chi connectivity index (χ3v) is 6.52. The minimum atomic E-state index is 0.0483. The fourth-order valence-corrected chi connectivity index (χ4v) is 4.88. The van der Waals surface area contributed by atoms with Gasteiger partial charge >= 0.3 is 6.03 Å². The van der Waals surface area contributed by atoms with E-state index in [1.165, 1.54) is 15.6 Å². The number of thiophene rings is 1. The number of carbonyl (C=O) groups is 1. The lowest BCUT2D eigenvalue weighted by Crippen LogP contribution is -2.46. The maximum atomic E-state index is 12.4. The number of carbonyl (C=O) groups excluding carboxylic acids is 1. The third kappa shape index (κ3) is 4.81. The summed E-state index contributed by atoms with van der Waals surface area (Å²) in [5.74, 6) is 0. The van der Waals surface area contributed by atoms with Crippen LogP contribution in [0.5, 0.6) is 0 Å². The van der Waals surface area contributed by atoms with Crippen LogP contribution in [0, 0.1) is 0 Å². The highest BCUT2D eigenvalue weighted by Crippen LogP contribution is 2.25. The van der Waals surface area contributed by atoms with Gasteiger partial charge in [-0.2, -0.15) is 0 Å². The van der Waals surface area contributed by atoms with E-state index < -0.39 is 0 Å². The van der Waals surface area contributed by atoms with E-state index in [4.69, 9.17) is 9.47 Å². The molecule has 6 heteroatoms. The van der Waals surface area contributed by atoms with Gasteiger partial charge in [-0.3, -0.25) is 0 Å². The van der Waals surface area contributed by atoms with Crippen LogP contribution >= 0.6 is 11.3 Å². The van der Waals surface area contributed by atoms with Crippen molar-refractivity contribution in [2.75, 3.05) is 32.8 Å². The first-order valence-electron chi connectivity index (χ1n) is 10.0. The van der Waals surface area contributed by atoms with Crippen molar-refractivity contribution in [3.05, 3.63) is 35.2 Å². The molecule has 0 spiro atoms. The summed E-state index contributed by atoms with van der Waals surface area (Å²) < 4.78 is 12.9. The number of nitrogens with one attached hydrogen (secondary N) is 1. The highest BCUT2D eigenvalue weighted by molar-refractivity contribution is 7.17. The van der Waals surface area contributed by atoms with Crippen LogP contribution in [0.15, 0.2) is 29.6 Å². The van der Waals surface area contributed by atoms with Gasteiger partial charge in [-0.1, -0.05) is 18.2 Å². The van der Waals surface area contributed by atoms with Crippen molar-refractivity contribution in [3.63, 3.8) is 0 Å². The molecule has 1 aromatic carbocycles. The highest BCUT2D eigenvalue weighted by atomic mass is 32.1. The fraction of sp³-hybridized carbons (Fsp3) is 0.571. The maximum Gasteiger partial charge on any atom is 0.317 e. The summed E-state index contributed by atoms with van der Waals surface area (Å²) in [6.07, 6.45) is 5.49. The second-order valence-electron chi connectivity index (χ2n) is 7.39. The van der Waals surface area contributed by atoms with Crippen LogP contribution in [0.4, 0.5) is 4.79 Å². The van der Waals surface area contributed by atoms with Gasteiger partial charge in [-0.25, -0.2) is 4.79 Å². The van der Waals surface area contributed by atoms with Gasteiger partial charge in [0.15, 0.2) is 0 Å². The Kier molecular flexibility index (Phi) is 6.27. The molecule has 5 nitrogen and oxygen atoms in total. The summed E-state index contributed by atoms with van der Waals surface area (Å²) in [7, 11) is 0. The van der Waals surface area contributed by atoms with Gasteiger partial charge < -0.3 is 19.7 Å². The normalized spacial score (nSPS) is 21.0. The molecule has 3 heterocycles. The summed E-state index contributed by atoms with van der Waals surface area (Å²) in [4.78, 5) is 14.3. The van der Waals surface area contributed by atoms with Crippen LogP contribution in [0.3, 0.4) is 0 Å². The molecule has 1 aromatic heterocycles. The van der Waals surface area contributed by atoms with Crippen LogP contribution < -0.4 is 5.32 Å². The molecule has 2 amide bonds. The predicted molar refractivity (Wildman–Crippen MR) is 108 cm³/mol. The number of urea groups is 1. The Morgan fingerprint density at radius 2 is 2.11 bits per heavy atom. The SMILES string of the molecule is O=C(NCCc1csc2ccccc12)N1CCC(OCC2CCCO2)CC1. The van der Waals surface area contributed by atoms with E-state index in [0.717, 1.165) is 51.8 Å². The number of nitrogens with zero attached hydrogens (tertiary/aromatic N) is 1. The summed E-state index contributed by atoms with van der Waals surface area (Å²) in [6.45, 7) is 3.78. The molecule has 2 aliphatic rings. The smallest absolute Gasteiger partial charge is 0.317 e. The van der Waals surface area contributed by atoms with E-state index in [0.29, 0.717) is 13.2 Å². The molecule has 0 bridgehead atoms. The molecule has 0 radical (unpaired) electrons. The number of fused-ring (bicyclic) bond motifs is 1. The Morgan fingerprint density at radius 1 is 1.26 bits per heavy atom. The van der Waals surface area contributed by atoms with Crippen molar-refractivity contribution in [1.29, 1.82) is 0 Å². The van der Waals surface area contributed by atoms with Crippen molar-refractivity contribution in [1.82, 2.24) is 10.2 Å². The minimum Gasteiger partial charge on any atom is -0.376 e. The third-order valence-electron chi connectivity index (χ3n) is 5.50. The van der Waals surface area contributed by atoms with Gasteiger partial charge in [0.05, 0.1) is 18.8 Å². The van der Waals surface area contributed by atoms with Crippen molar-refractivity contribution in [3.8, 4) is 0 Å². The van der Waals surface area contributed by atoms with E-state index in [9.17, 15) is 4.79 Å². The van der Waals surface area contributed by atoms with Crippen LogP contribution in [0.1, 0.15) is 31.2 Å². The maximum absolute atomic E-state index is 12.4. The first-order valence-corrected chi connectivity index (χ1v) is 10.9. The van der Waals surface area contributed by atoms with Gasteiger partial charge in [0.1, 0.15) is 0 Å². The monoisotopic (exact) mass is 388 g/mol. The number of piperidine rings is 1. The molecule has 1 unspecified atom stereocenters. The standard InChI is InChI=1S/C21H28N2O3S/c24-21(22-10-7-16-15-27-20-6-2-1-5-19(16)20)23-11-8-17(9-12-23)26-14-18-4-3-13-25-18/h1-2,5-6,15,17-18H,3-4,7-14H2,(H,22,24). The van der Waals surface area contributed by atoms with Crippen molar-refractivity contribution in [2.45, 2.75) is 44.3 Å². The lowest BCUT2D eigenvalue weighted by atomic mass is 10.1. The predicted octanol–water partition coefficient (Wildman–Crippen LogP) is 3.81. The molecule has 2 aliphatic heterocycles. The van der Waals surface area contributed by atoms with Crippen LogP contribution in [-0.2, 0) is 15.9 Å². The second kappa shape index (κ2) is 9.04. The first kappa shape index (κ1) is 18.7. The number of amides is 2. The lowest BCUT2D eigenvalue weighted by Gasteiger charge is -2.32. The van der Waals surface area contributed by atoms with E-state index in [1.54, 1.807) is 11.3 Å². The molecular formula is C21H28N2O3S. The molecule has 2 aromatic rings. The van der Waals surface area contributed by atoms with E-state index >= 15 is 0 Å². The zero-order valence-electron chi connectivity index (χ0n) is 15.7. The van der Waals surface area contributed by atoms with E-state index in [2.05, 4.69) is 35.0 Å². The Bertz CT molecular complexity index is 749. The largest absolute Gasteiger partial charge is 0.376 e. The van der Waals surface area contributed by atoms with Crippen molar-refractivity contribution >= 4 is 27.5 Å². The van der Waals surface area contributed by atoms with E-state index in [1.807, 2.05) is 4.90 Å². The number of ether oxygens (including phenoxy) is 2. The van der Waals surface area contributed by atoms with Crippen LogP contribution in [-0.4, -0.2) is 56.0 Å². The Balaban J connectivity index is 1.16. The molecule has 146 valence electrons. The molecule has 0 aliphatic carbocycles. The molecule has 2 fully saturated rings. The summed E-state index contributed by atoms with van der Waals surface area (Å²) in [5.41, 5.74) is 1.32. The molecule has 27 heavy (non-hydrogen) atoms. The van der Waals surface area contributed by atoms with Gasteiger partial charge in [0, 0.05) is 30.9 Å². The summed E-state index contributed by atoms with van der Waals surface area (Å²) in [5, 5.41) is 6.59. The van der Waals surface area contributed by atoms with E-state index in [-0.39, 0.29) is 18.2 Å². The van der Waals surface area contributed by atoms with Gasteiger partial charge in [-0.15, -0.1) is 11.3 Å². The molecule has 2 saturated heterocycles. The average Bonchev–Trinajstić information content (AvgIpc) is 3.37. The number of benzene rings is 1. The quantitative estimate of drug-likeness (QED) is 0.819. The Labute approximate surface area is 164 Å². The van der Waals surface area contributed by atoms with Gasteiger partial charge in [0.25, 0.3) is 0 Å². The topological polar surface area (TPSA) is 50.8 Å². The van der Waals surface area contributed by atoms with Crippen molar-refractivity contribution < 1.29 is 14.3 Å². The summed E-state index contributed by atoms with van der Waals surface area (Å²) >= 11 is 1.77. The number of rotatable bonds is 6. The first-order chi connectivity index (χ1) is 13.3. The number of hydrogen-bond acceptors (Lipinski definition) is 4. The second-order valence-corrected chi connectivity index (χ2v) is 8.31. The van der Waals surface area contributed by atoms with Gasteiger partial charge in [-0.05, 0) is 54.5 Å².